The third-order valence-electron chi connectivity index (χ3n) is 1.53. The number of hydrogen-bond donors (Lipinski definition) is 0. The minimum absolute atomic E-state index is 0. The molecule has 0 unspecified atom stereocenters. The molecule has 0 nitrogen and oxygen atoms in total. The van der Waals surface area contributed by atoms with E-state index < -0.39 is 0 Å². The van der Waals surface area contributed by atoms with Crippen molar-refractivity contribution < 1.29 is 0 Å². The van der Waals surface area contributed by atoms with Crippen molar-refractivity contribution in [1.29, 1.82) is 0 Å². The normalized spacial score (nSPS) is 7.50. The third kappa shape index (κ3) is 22.8. The minimum atomic E-state index is 0. The first-order chi connectivity index (χ1) is 4.41. The van der Waals surface area contributed by atoms with Crippen molar-refractivity contribution in [1.82, 2.24) is 0 Å². The summed E-state index contributed by atoms with van der Waals surface area (Å²) in [6.45, 7) is 2.27. The Hall–Kier alpha value is 2.24. The summed E-state index contributed by atoms with van der Waals surface area (Å²) in [5.41, 5.74) is 0. The molecule has 0 aromatic carbocycles. The van der Waals surface area contributed by atoms with Crippen molar-refractivity contribution >= 4 is 73.5 Å². The quantitative estimate of drug-likeness (QED) is 0.388. The Kier molecular flexibility index (Phi) is 46.1. The fourth-order valence-electron chi connectivity index (χ4n) is 0.905. The monoisotopic (exact) mass is 473 g/mol. The Balaban J connectivity index is -0.000000107. The maximum absolute atomic E-state index is 2.27. The molecule has 0 aliphatic heterocycles. The number of rotatable bonds is 6. The van der Waals surface area contributed by atoms with Gasteiger partial charge in [-0.2, -0.15) is 0 Å². The summed E-state index contributed by atoms with van der Waals surface area (Å²) in [5.74, 6) is 0. The molecule has 0 fully saturated rings. The van der Waals surface area contributed by atoms with Gasteiger partial charge in [0.25, 0.3) is 0 Å². The Morgan fingerprint density at radius 2 is 1.17 bits per heavy atom. The van der Waals surface area contributed by atoms with E-state index in [9.17, 15) is 0 Å². The van der Waals surface area contributed by atoms with Crippen molar-refractivity contribution in [3.63, 3.8) is 0 Å². The second-order valence-corrected chi connectivity index (χ2v) is 3.94. The molecule has 0 spiro atoms. The Labute approximate surface area is 122 Å². The van der Waals surface area contributed by atoms with Crippen LogP contribution in [0, 0.1) is 0 Å². The average molecular weight is 475 g/mol. The summed E-state index contributed by atoms with van der Waals surface area (Å²) in [4.78, 5) is 0. The van der Waals surface area contributed by atoms with E-state index in [0.717, 1.165) is 0 Å². The van der Waals surface area contributed by atoms with Crippen LogP contribution in [0.3, 0.4) is 0 Å². The fourth-order valence-corrected chi connectivity index (χ4v) is 1.62. The predicted octanol–water partition coefficient (Wildman–Crippen LogP) is 4.67. The van der Waals surface area contributed by atoms with Crippen LogP contribution in [-0.4, -0.2) is 22.5 Å². The van der Waals surface area contributed by atoms with Crippen molar-refractivity contribution in [2.75, 3.05) is 0 Å². The molecule has 4 heteroatoms. The Bertz CT molecular complexity index is 47.6. The zero-order valence-corrected chi connectivity index (χ0v) is 15.7. The van der Waals surface area contributed by atoms with Crippen molar-refractivity contribution in [2.24, 2.45) is 0 Å². The topological polar surface area (TPSA) is 0 Å². The zero-order chi connectivity index (χ0) is 6.95. The molecule has 0 aromatic rings. The molecule has 0 atom stereocenters. The van der Waals surface area contributed by atoms with Crippen LogP contribution in [0.2, 0.25) is 4.44 Å². The van der Waals surface area contributed by atoms with Gasteiger partial charge in [0, 0.05) is 0 Å². The molecular formula is C8H20Br3Sn. The molecule has 0 aliphatic carbocycles. The van der Waals surface area contributed by atoms with E-state index in [0.29, 0.717) is 0 Å². The summed E-state index contributed by atoms with van der Waals surface area (Å²) >= 11 is 1.71. The van der Waals surface area contributed by atoms with Crippen LogP contribution in [-0.2, 0) is 0 Å². The first-order valence-electron chi connectivity index (χ1n) is 4.06. The first kappa shape index (κ1) is 23.8. The molecule has 3 radical (unpaired) electrons. The molecular weight excluding hydrogens is 455 g/mol. The van der Waals surface area contributed by atoms with Gasteiger partial charge < -0.3 is 0 Å². The molecule has 0 saturated heterocycles. The van der Waals surface area contributed by atoms with E-state index in [-0.39, 0.29) is 50.9 Å². The van der Waals surface area contributed by atoms with Crippen molar-refractivity contribution in [2.45, 2.75) is 49.9 Å². The summed E-state index contributed by atoms with van der Waals surface area (Å²) in [7, 11) is 0. The summed E-state index contributed by atoms with van der Waals surface area (Å²) in [5, 5.41) is 0. The number of halogens is 3. The second-order valence-electron chi connectivity index (χ2n) is 2.52. The zero-order valence-electron chi connectivity index (χ0n) is 7.67. The van der Waals surface area contributed by atoms with Crippen LogP contribution in [0.25, 0.3) is 0 Å². The molecule has 0 N–H and O–H groups in total. The molecule has 12 heavy (non-hydrogen) atoms. The van der Waals surface area contributed by atoms with Gasteiger partial charge in [-0.15, -0.1) is 50.9 Å². The molecule has 77 valence electrons. The fraction of sp³-hybridized carbons (Fsp3) is 1.00. The van der Waals surface area contributed by atoms with Crippen molar-refractivity contribution in [3.05, 3.63) is 0 Å². The van der Waals surface area contributed by atoms with Gasteiger partial charge >= 0.3 is 72.4 Å². The van der Waals surface area contributed by atoms with E-state index in [1.165, 1.54) is 43.0 Å². The van der Waals surface area contributed by atoms with Crippen molar-refractivity contribution in [3.8, 4) is 0 Å². The molecule has 0 rings (SSSR count). The van der Waals surface area contributed by atoms with Gasteiger partial charge in [0.05, 0.1) is 0 Å². The average Bonchev–Trinajstić information content (AvgIpc) is 1.89. The molecule has 0 amide bonds. The Morgan fingerprint density at radius 3 is 1.58 bits per heavy atom. The van der Waals surface area contributed by atoms with Gasteiger partial charge in [0.15, 0.2) is 0 Å². The molecule has 0 aliphatic rings. The standard InChI is InChI=1S/C8H17.3BrH.Sn/c1-3-5-7-8-6-4-2;;;;/h1,3-8H2,2H3;3*1H;. The molecule has 0 aromatic heterocycles. The van der Waals surface area contributed by atoms with Gasteiger partial charge in [-0.25, -0.2) is 0 Å². The van der Waals surface area contributed by atoms with Crippen LogP contribution in [0.4, 0.5) is 0 Å². The Morgan fingerprint density at radius 1 is 0.750 bits per heavy atom. The van der Waals surface area contributed by atoms with Crippen LogP contribution < -0.4 is 0 Å². The molecule has 0 bridgehead atoms. The SMILES string of the molecule is Br.Br.Br.CCCCCCC[CH2][Sn]. The van der Waals surface area contributed by atoms with Crippen LogP contribution in [0.15, 0.2) is 0 Å². The van der Waals surface area contributed by atoms with Crippen LogP contribution >= 0.6 is 50.9 Å². The number of hydrogen-bond acceptors (Lipinski definition) is 0. The second kappa shape index (κ2) is 23.2. The van der Waals surface area contributed by atoms with Gasteiger partial charge in [-0.3, -0.25) is 0 Å². The predicted molar refractivity (Wildman–Crippen MR) is 74.9 cm³/mol. The maximum atomic E-state index is 2.27. The van der Waals surface area contributed by atoms with Gasteiger partial charge in [0.1, 0.15) is 0 Å². The van der Waals surface area contributed by atoms with Gasteiger partial charge in [-0.05, 0) is 0 Å². The molecule has 0 heterocycles. The van der Waals surface area contributed by atoms with Gasteiger partial charge in [-0.1, -0.05) is 0 Å². The van der Waals surface area contributed by atoms with Crippen LogP contribution in [0.5, 0.6) is 0 Å². The summed E-state index contributed by atoms with van der Waals surface area (Å²) in [6, 6.07) is 0. The van der Waals surface area contributed by atoms with E-state index in [2.05, 4.69) is 6.92 Å². The van der Waals surface area contributed by atoms with E-state index in [1.807, 2.05) is 0 Å². The van der Waals surface area contributed by atoms with Gasteiger partial charge in [0.2, 0.25) is 0 Å². The number of unbranched alkanes of at least 4 members (excludes halogenated alkanes) is 5. The van der Waals surface area contributed by atoms with Crippen LogP contribution in [0.1, 0.15) is 45.4 Å². The van der Waals surface area contributed by atoms with E-state index in [1.54, 1.807) is 22.5 Å². The summed E-state index contributed by atoms with van der Waals surface area (Å²) in [6.07, 6.45) is 8.71. The first-order valence-corrected chi connectivity index (χ1v) is 6.08. The van der Waals surface area contributed by atoms with E-state index >= 15 is 0 Å². The van der Waals surface area contributed by atoms with E-state index in [4.69, 9.17) is 0 Å². The molecule has 0 saturated carbocycles. The summed E-state index contributed by atoms with van der Waals surface area (Å²) < 4.78 is 1.46. The third-order valence-corrected chi connectivity index (χ3v) is 2.54.